The summed E-state index contributed by atoms with van der Waals surface area (Å²) < 4.78 is 13.2. The van der Waals surface area contributed by atoms with Crippen molar-refractivity contribution in [2.24, 2.45) is 0 Å². The van der Waals surface area contributed by atoms with E-state index < -0.39 is 5.82 Å². The number of benzene rings is 1. The zero-order valence-corrected chi connectivity index (χ0v) is 15.8. The van der Waals surface area contributed by atoms with Crippen LogP contribution in [0.15, 0.2) is 36.8 Å². The van der Waals surface area contributed by atoms with E-state index in [0.717, 1.165) is 36.2 Å². The van der Waals surface area contributed by atoms with Crippen LogP contribution in [0.1, 0.15) is 12.8 Å². The summed E-state index contributed by atoms with van der Waals surface area (Å²) in [6, 6.07) is 6.27. The summed E-state index contributed by atoms with van der Waals surface area (Å²) in [5.41, 5.74) is 1.40. The number of hydrogen-bond donors (Lipinski definition) is 3. The molecule has 0 aliphatic carbocycles. The number of aromatic amines is 1. The maximum Gasteiger partial charge on any atom is 0.239 e. The van der Waals surface area contributed by atoms with Crippen LogP contribution >= 0.6 is 11.6 Å². The highest BCUT2D eigenvalue weighted by Crippen LogP contribution is 2.25. The van der Waals surface area contributed by atoms with E-state index in [1.54, 1.807) is 12.4 Å². The molecule has 1 fully saturated rings. The van der Waals surface area contributed by atoms with Crippen LogP contribution in [0.25, 0.3) is 11.0 Å². The first-order valence-electron chi connectivity index (χ1n) is 9.11. The molecular weight excluding hydrogens is 383 g/mol. The van der Waals surface area contributed by atoms with E-state index in [1.807, 2.05) is 12.3 Å². The Morgan fingerprint density at radius 2 is 2.25 bits per heavy atom. The third-order valence-corrected chi connectivity index (χ3v) is 5.08. The van der Waals surface area contributed by atoms with E-state index >= 15 is 0 Å². The van der Waals surface area contributed by atoms with E-state index in [2.05, 4.69) is 30.5 Å². The van der Waals surface area contributed by atoms with E-state index in [4.69, 9.17) is 11.6 Å². The maximum absolute atomic E-state index is 13.2. The molecule has 4 rings (SSSR count). The Kier molecular flexibility index (Phi) is 5.29. The van der Waals surface area contributed by atoms with Crippen molar-refractivity contribution in [2.45, 2.75) is 18.9 Å². The lowest BCUT2D eigenvalue weighted by Crippen LogP contribution is -2.49. The van der Waals surface area contributed by atoms with Crippen LogP contribution in [0, 0.1) is 5.82 Å². The van der Waals surface area contributed by atoms with Crippen molar-refractivity contribution < 1.29 is 9.18 Å². The molecule has 1 saturated heterocycles. The number of carbonyl (C=O) groups is 1. The highest BCUT2D eigenvalue weighted by Gasteiger charge is 2.23. The molecule has 2 aromatic heterocycles. The third kappa shape index (κ3) is 4.01. The molecule has 1 atom stereocenters. The minimum atomic E-state index is -0.486. The van der Waals surface area contributed by atoms with Gasteiger partial charge in [-0.25, -0.2) is 14.4 Å². The van der Waals surface area contributed by atoms with Gasteiger partial charge in [-0.05, 0) is 37.1 Å². The Hall–Kier alpha value is -2.87. The average molecular weight is 403 g/mol. The Bertz CT molecular complexity index is 993. The van der Waals surface area contributed by atoms with E-state index in [0.29, 0.717) is 12.2 Å². The number of rotatable bonds is 5. The number of carbonyl (C=O) groups excluding carboxylic acids is 1. The number of piperidine rings is 1. The molecule has 1 aliphatic heterocycles. The van der Waals surface area contributed by atoms with Gasteiger partial charge in [0, 0.05) is 31.0 Å². The maximum atomic E-state index is 13.2. The predicted octanol–water partition coefficient (Wildman–Crippen LogP) is 2.95. The summed E-state index contributed by atoms with van der Waals surface area (Å²) >= 11 is 5.76. The molecule has 146 valence electrons. The number of aromatic nitrogens is 3. The number of anilines is 2. The zero-order valence-electron chi connectivity index (χ0n) is 15.1. The van der Waals surface area contributed by atoms with Crippen molar-refractivity contribution in [1.82, 2.24) is 20.3 Å². The zero-order chi connectivity index (χ0) is 19.5. The molecule has 0 unspecified atom stereocenters. The fourth-order valence-corrected chi connectivity index (χ4v) is 3.65. The van der Waals surface area contributed by atoms with Gasteiger partial charge in [-0.15, -0.1) is 0 Å². The predicted molar refractivity (Wildman–Crippen MR) is 107 cm³/mol. The average Bonchev–Trinajstić information content (AvgIpc) is 3.18. The summed E-state index contributed by atoms with van der Waals surface area (Å²) in [4.78, 5) is 26.3. The van der Waals surface area contributed by atoms with Crippen LogP contribution in [-0.4, -0.2) is 46.5 Å². The van der Waals surface area contributed by atoms with Gasteiger partial charge in [-0.2, -0.15) is 0 Å². The molecule has 3 aromatic rings. The molecule has 0 spiro atoms. The van der Waals surface area contributed by atoms with Crippen LogP contribution in [0.4, 0.5) is 15.9 Å². The number of fused-ring (bicyclic) bond motifs is 1. The number of amides is 1. The Morgan fingerprint density at radius 1 is 1.36 bits per heavy atom. The molecule has 3 heterocycles. The molecule has 0 saturated carbocycles. The number of hydrogen-bond acceptors (Lipinski definition) is 5. The van der Waals surface area contributed by atoms with Crippen molar-refractivity contribution in [2.75, 3.05) is 29.9 Å². The van der Waals surface area contributed by atoms with Gasteiger partial charge in [0.1, 0.15) is 23.6 Å². The summed E-state index contributed by atoms with van der Waals surface area (Å²) in [7, 11) is 0. The smallest absolute Gasteiger partial charge is 0.239 e. The lowest BCUT2D eigenvalue weighted by molar-refractivity contribution is -0.120. The van der Waals surface area contributed by atoms with Crippen molar-refractivity contribution in [3.05, 3.63) is 47.6 Å². The second-order valence-electron chi connectivity index (χ2n) is 6.77. The highest BCUT2D eigenvalue weighted by atomic mass is 35.5. The fourth-order valence-electron chi connectivity index (χ4n) is 3.47. The fraction of sp³-hybridized carbons (Fsp3) is 0.316. The molecule has 0 radical (unpaired) electrons. The van der Waals surface area contributed by atoms with Crippen molar-refractivity contribution in [3.8, 4) is 0 Å². The first-order valence-corrected chi connectivity index (χ1v) is 9.49. The van der Waals surface area contributed by atoms with Crippen LogP contribution in [0.2, 0.25) is 5.02 Å². The summed E-state index contributed by atoms with van der Waals surface area (Å²) in [6.45, 7) is 1.66. The van der Waals surface area contributed by atoms with Gasteiger partial charge in [0.2, 0.25) is 5.91 Å². The summed E-state index contributed by atoms with van der Waals surface area (Å²) in [5, 5.41) is 7.02. The van der Waals surface area contributed by atoms with Crippen molar-refractivity contribution in [3.63, 3.8) is 0 Å². The number of halogens is 2. The standard InChI is InChI=1S/C19H20ClFN6O/c20-15-8-12(3-4-16(15)21)23-9-17(28)26-13-2-1-7-27(10-13)19-14-5-6-22-18(14)24-11-25-19/h3-6,8,11,13,23H,1-2,7,9-10H2,(H,26,28)(H,22,24,25)/t13-/m1/s1. The first-order chi connectivity index (χ1) is 13.6. The monoisotopic (exact) mass is 402 g/mol. The SMILES string of the molecule is O=C(CNc1ccc(F)c(Cl)c1)N[C@@H]1CCCN(c2ncnc3[nH]ccc23)C1. The first kappa shape index (κ1) is 18.5. The highest BCUT2D eigenvalue weighted by molar-refractivity contribution is 6.31. The molecule has 1 amide bonds. The van der Waals surface area contributed by atoms with Crippen LogP contribution in [-0.2, 0) is 4.79 Å². The second kappa shape index (κ2) is 8.02. The van der Waals surface area contributed by atoms with Crippen LogP contribution in [0.3, 0.4) is 0 Å². The largest absolute Gasteiger partial charge is 0.376 e. The quantitative estimate of drug-likeness (QED) is 0.611. The van der Waals surface area contributed by atoms with Gasteiger partial charge in [-0.1, -0.05) is 11.6 Å². The van der Waals surface area contributed by atoms with Gasteiger partial charge in [0.25, 0.3) is 0 Å². The lowest BCUT2D eigenvalue weighted by atomic mass is 10.1. The number of H-pyrrole nitrogens is 1. The van der Waals surface area contributed by atoms with Crippen molar-refractivity contribution >= 4 is 40.0 Å². The minimum absolute atomic E-state index is 0.0225. The minimum Gasteiger partial charge on any atom is -0.376 e. The van der Waals surface area contributed by atoms with Gasteiger partial charge in [0.15, 0.2) is 0 Å². The van der Waals surface area contributed by atoms with Crippen molar-refractivity contribution in [1.29, 1.82) is 0 Å². The normalized spacial score (nSPS) is 16.9. The topological polar surface area (TPSA) is 85.9 Å². The Labute approximate surface area is 166 Å². The van der Waals surface area contributed by atoms with E-state index in [-0.39, 0.29) is 23.5 Å². The van der Waals surface area contributed by atoms with Gasteiger partial charge >= 0.3 is 0 Å². The molecule has 3 N–H and O–H groups in total. The molecule has 7 nitrogen and oxygen atoms in total. The summed E-state index contributed by atoms with van der Waals surface area (Å²) in [6.07, 6.45) is 5.27. The van der Waals surface area contributed by atoms with Crippen LogP contribution < -0.4 is 15.5 Å². The van der Waals surface area contributed by atoms with Gasteiger partial charge < -0.3 is 20.5 Å². The van der Waals surface area contributed by atoms with Gasteiger partial charge in [-0.3, -0.25) is 4.79 Å². The molecule has 1 aromatic carbocycles. The Morgan fingerprint density at radius 3 is 3.11 bits per heavy atom. The molecule has 28 heavy (non-hydrogen) atoms. The third-order valence-electron chi connectivity index (χ3n) is 4.79. The van der Waals surface area contributed by atoms with Crippen LogP contribution in [0.5, 0.6) is 0 Å². The number of nitrogens with zero attached hydrogens (tertiary/aromatic N) is 3. The molecule has 1 aliphatic rings. The Balaban J connectivity index is 1.35. The molecule has 9 heteroatoms. The molecule has 0 bridgehead atoms. The van der Waals surface area contributed by atoms with Gasteiger partial charge in [0.05, 0.1) is 17.0 Å². The summed E-state index contributed by atoms with van der Waals surface area (Å²) in [5.74, 6) is 0.270. The second-order valence-corrected chi connectivity index (χ2v) is 7.18. The van der Waals surface area contributed by atoms with E-state index in [1.165, 1.54) is 12.1 Å². The van der Waals surface area contributed by atoms with E-state index in [9.17, 15) is 9.18 Å². The number of nitrogens with one attached hydrogen (secondary N) is 3. The lowest BCUT2D eigenvalue weighted by Gasteiger charge is -2.34. The molecular formula is C19H20ClFN6O.